The van der Waals surface area contributed by atoms with Crippen molar-refractivity contribution in [3.05, 3.63) is 39.9 Å². The maximum absolute atomic E-state index is 12.0. The number of halogens is 3. The minimum Gasteiger partial charge on any atom is -0.483 e. The van der Waals surface area contributed by atoms with Crippen molar-refractivity contribution < 1.29 is 14.3 Å². The molecule has 0 spiro atoms. The highest BCUT2D eigenvalue weighted by atomic mass is 35.5. The Morgan fingerprint density at radius 3 is 2.42 bits per heavy atom. The van der Waals surface area contributed by atoms with Gasteiger partial charge in [-0.2, -0.15) is 0 Å². The van der Waals surface area contributed by atoms with Gasteiger partial charge in [0.1, 0.15) is 10.8 Å². The number of Topliss-reactive ketones (excluding diaryl/α,β-unsaturated/α-hetero) is 1. The normalized spacial score (nSPS) is 10.1. The molecular formula is C13H11Cl3O3. The second kappa shape index (κ2) is 6.94. The molecule has 0 radical (unpaired) electrons. The Bertz CT molecular complexity index is 538. The van der Waals surface area contributed by atoms with Crippen LogP contribution >= 0.6 is 34.8 Å². The van der Waals surface area contributed by atoms with Crippen molar-refractivity contribution in [2.24, 2.45) is 0 Å². The van der Waals surface area contributed by atoms with E-state index in [0.29, 0.717) is 12.0 Å². The summed E-state index contributed by atoms with van der Waals surface area (Å²) in [4.78, 5) is 22.6. The molecule has 6 heteroatoms. The van der Waals surface area contributed by atoms with Crippen molar-refractivity contribution in [2.45, 2.75) is 13.3 Å². The van der Waals surface area contributed by atoms with Crippen LogP contribution in [-0.4, -0.2) is 17.6 Å². The summed E-state index contributed by atoms with van der Waals surface area (Å²) < 4.78 is 5.07. The van der Waals surface area contributed by atoms with Crippen LogP contribution in [0.2, 0.25) is 10.0 Å². The van der Waals surface area contributed by atoms with E-state index in [4.69, 9.17) is 39.5 Å². The summed E-state index contributed by atoms with van der Waals surface area (Å²) in [5, 5.41) is -0.526. The zero-order chi connectivity index (χ0) is 14.6. The van der Waals surface area contributed by atoms with Crippen LogP contribution < -0.4 is 4.74 Å². The van der Waals surface area contributed by atoms with E-state index in [1.54, 1.807) is 0 Å². The highest BCUT2D eigenvalue weighted by Gasteiger charge is 2.18. The molecule has 0 saturated heterocycles. The zero-order valence-electron chi connectivity index (χ0n) is 10.1. The molecule has 0 aliphatic rings. The standard InChI is InChI=1S/C13H11Cl3O3/c1-3-7(2)13(18)8-4-5-9(12(16)11(8)15)19-6-10(14)17/h4-5H,2-3,6H2,1H3. The SMILES string of the molecule is C=C(CC)C(=O)c1ccc(OCC(=O)Cl)c(Cl)c1Cl. The third-order valence-electron chi connectivity index (χ3n) is 2.38. The lowest BCUT2D eigenvalue weighted by Gasteiger charge is -2.10. The Balaban J connectivity index is 3.07. The van der Waals surface area contributed by atoms with Gasteiger partial charge in [0.05, 0.1) is 5.02 Å². The van der Waals surface area contributed by atoms with Gasteiger partial charge in [0.2, 0.25) is 0 Å². The number of allylic oxidation sites excluding steroid dienone is 1. The predicted octanol–water partition coefficient (Wildman–Crippen LogP) is 4.29. The molecule has 1 rings (SSSR count). The summed E-state index contributed by atoms with van der Waals surface area (Å²) in [5.41, 5.74) is 0.686. The van der Waals surface area contributed by atoms with Crippen molar-refractivity contribution in [3.63, 3.8) is 0 Å². The fourth-order valence-electron chi connectivity index (χ4n) is 1.30. The van der Waals surface area contributed by atoms with Crippen LogP contribution in [0.1, 0.15) is 23.7 Å². The van der Waals surface area contributed by atoms with Crippen molar-refractivity contribution >= 4 is 45.8 Å². The Hall–Kier alpha value is -1.03. The van der Waals surface area contributed by atoms with Crippen LogP contribution in [0.5, 0.6) is 5.75 Å². The third kappa shape index (κ3) is 3.96. The highest BCUT2D eigenvalue weighted by molar-refractivity contribution is 6.64. The molecular weight excluding hydrogens is 310 g/mol. The largest absolute Gasteiger partial charge is 0.483 e. The van der Waals surface area contributed by atoms with Crippen LogP contribution in [-0.2, 0) is 4.79 Å². The Labute approximate surface area is 126 Å². The van der Waals surface area contributed by atoms with Crippen LogP contribution in [0.3, 0.4) is 0 Å². The number of ether oxygens (including phenoxy) is 1. The first-order valence-corrected chi connectivity index (χ1v) is 6.53. The molecule has 0 heterocycles. The first kappa shape index (κ1) is 16.0. The number of carbonyl (C=O) groups is 2. The molecule has 0 saturated carbocycles. The summed E-state index contributed by atoms with van der Waals surface area (Å²) in [6.45, 7) is 5.15. The van der Waals surface area contributed by atoms with Gasteiger partial charge in [-0.3, -0.25) is 9.59 Å². The molecule has 0 amide bonds. The minimum absolute atomic E-state index is 0.0642. The van der Waals surface area contributed by atoms with E-state index in [1.165, 1.54) is 12.1 Å². The third-order valence-corrected chi connectivity index (χ3v) is 3.35. The number of hydrogen-bond acceptors (Lipinski definition) is 3. The second-order valence-corrected chi connectivity index (χ2v) is 4.85. The van der Waals surface area contributed by atoms with E-state index >= 15 is 0 Å². The number of rotatable bonds is 6. The lowest BCUT2D eigenvalue weighted by molar-refractivity contribution is -0.113. The molecule has 102 valence electrons. The molecule has 0 atom stereocenters. The minimum atomic E-state index is -0.660. The van der Waals surface area contributed by atoms with Gasteiger partial charge >= 0.3 is 0 Å². The van der Waals surface area contributed by atoms with Gasteiger partial charge in [-0.25, -0.2) is 0 Å². The smallest absolute Gasteiger partial charge is 0.259 e. The Morgan fingerprint density at radius 2 is 1.89 bits per heavy atom. The molecule has 19 heavy (non-hydrogen) atoms. The van der Waals surface area contributed by atoms with E-state index in [0.717, 1.165) is 0 Å². The summed E-state index contributed by atoms with van der Waals surface area (Å²) in [7, 11) is 0. The van der Waals surface area contributed by atoms with Crippen LogP contribution in [0, 0.1) is 0 Å². The molecule has 0 N–H and O–H groups in total. The van der Waals surface area contributed by atoms with E-state index in [9.17, 15) is 9.59 Å². The number of carbonyl (C=O) groups excluding carboxylic acids is 2. The molecule has 0 bridgehead atoms. The molecule has 0 aliphatic carbocycles. The van der Waals surface area contributed by atoms with E-state index in [-0.39, 0.29) is 33.7 Å². The maximum Gasteiger partial charge on any atom is 0.259 e. The Morgan fingerprint density at radius 1 is 1.26 bits per heavy atom. The average Bonchev–Trinajstić information content (AvgIpc) is 2.38. The van der Waals surface area contributed by atoms with Gasteiger partial charge in [0, 0.05) is 5.56 Å². The average molecular weight is 322 g/mol. The second-order valence-electron chi connectivity index (χ2n) is 3.67. The number of benzene rings is 1. The highest BCUT2D eigenvalue weighted by Crippen LogP contribution is 2.35. The van der Waals surface area contributed by atoms with Crippen LogP contribution in [0.4, 0.5) is 0 Å². The topological polar surface area (TPSA) is 43.4 Å². The van der Waals surface area contributed by atoms with Gasteiger partial charge in [-0.05, 0) is 35.7 Å². The van der Waals surface area contributed by atoms with Crippen molar-refractivity contribution in [3.8, 4) is 5.75 Å². The van der Waals surface area contributed by atoms with Gasteiger partial charge < -0.3 is 4.74 Å². The zero-order valence-corrected chi connectivity index (χ0v) is 12.4. The van der Waals surface area contributed by atoms with Crippen LogP contribution in [0.25, 0.3) is 0 Å². The van der Waals surface area contributed by atoms with Gasteiger partial charge in [-0.15, -0.1) is 0 Å². The first-order chi connectivity index (χ1) is 8.88. The quantitative estimate of drug-likeness (QED) is 0.446. The lowest BCUT2D eigenvalue weighted by atomic mass is 10.0. The van der Waals surface area contributed by atoms with Gasteiger partial charge in [0.25, 0.3) is 5.24 Å². The van der Waals surface area contributed by atoms with Crippen molar-refractivity contribution in [2.75, 3.05) is 6.61 Å². The number of hydrogen-bond donors (Lipinski definition) is 0. The maximum atomic E-state index is 12.0. The van der Waals surface area contributed by atoms with Crippen molar-refractivity contribution in [1.82, 2.24) is 0 Å². The number of ketones is 1. The Kier molecular flexibility index (Phi) is 5.85. The lowest BCUT2D eigenvalue weighted by Crippen LogP contribution is -2.07. The fraction of sp³-hybridized carbons (Fsp3) is 0.231. The molecule has 1 aromatic rings. The van der Waals surface area contributed by atoms with Gasteiger partial charge in [-0.1, -0.05) is 36.7 Å². The summed E-state index contributed by atoms with van der Waals surface area (Å²) in [6.07, 6.45) is 0.520. The summed E-state index contributed by atoms with van der Waals surface area (Å²) >= 11 is 17.2. The first-order valence-electron chi connectivity index (χ1n) is 5.40. The molecule has 1 aromatic carbocycles. The van der Waals surface area contributed by atoms with E-state index < -0.39 is 5.24 Å². The van der Waals surface area contributed by atoms with E-state index in [2.05, 4.69) is 6.58 Å². The summed E-state index contributed by atoms with van der Waals surface area (Å²) in [5.74, 6) is -0.0753. The fourth-order valence-corrected chi connectivity index (χ4v) is 1.82. The molecule has 3 nitrogen and oxygen atoms in total. The van der Waals surface area contributed by atoms with Crippen molar-refractivity contribution in [1.29, 1.82) is 0 Å². The van der Waals surface area contributed by atoms with Gasteiger partial charge in [0.15, 0.2) is 12.4 Å². The predicted molar refractivity (Wildman–Crippen MR) is 76.6 cm³/mol. The molecule has 0 aliphatic heterocycles. The molecule has 0 fully saturated rings. The molecule has 0 aromatic heterocycles. The van der Waals surface area contributed by atoms with Crippen LogP contribution in [0.15, 0.2) is 24.3 Å². The monoisotopic (exact) mass is 320 g/mol. The summed E-state index contributed by atoms with van der Waals surface area (Å²) in [6, 6.07) is 2.94. The van der Waals surface area contributed by atoms with E-state index in [1.807, 2.05) is 6.92 Å². The molecule has 0 unspecified atom stereocenters.